The number of fused-ring (bicyclic) bond motifs is 1. The molecule has 0 saturated carbocycles. The molecule has 0 spiro atoms. The van der Waals surface area contributed by atoms with Crippen LogP contribution < -0.4 is 10.6 Å². The maximum atomic E-state index is 12.0. The molecule has 0 radical (unpaired) electrons. The van der Waals surface area contributed by atoms with Gasteiger partial charge in [0.2, 0.25) is 11.8 Å². The van der Waals surface area contributed by atoms with Crippen molar-refractivity contribution in [3.63, 3.8) is 0 Å². The van der Waals surface area contributed by atoms with E-state index in [-0.39, 0.29) is 11.8 Å². The van der Waals surface area contributed by atoms with E-state index in [1.54, 1.807) is 0 Å². The number of rotatable bonds is 10. The first-order chi connectivity index (χ1) is 14.1. The summed E-state index contributed by atoms with van der Waals surface area (Å²) in [5, 5.41) is 5.74. The van der Waals surface area contributed by atoms with Crippen molar-refractivity contribution in [3.8, 4) is 0 Å². The van der Waals surface area contributed by atoms with E-state index in [9.17, 15) is 9.59 Å². The Morgan fingerprint density at radius 2 is 1.69 bits per heavy atom. The Bertz CT molecular complexity index is 947. The lowest BCUT2D eigenvalue weighted by Crippen LogP contribution is -2.23. The van der Waals surface area contributed by atoms with Crippen LogP contribution in [0.15, 0.2) is 54.9 Å². The molecule has 1 aromatic heterocycles. The quantitative estimate of drug-likeness (QED) is 0.519. The average molecular weight is 393 g/mol. The van der Waals surface area contributed by atoms with Crippen LogP contribution in [-0.4, -0.2) is 27.9 Å². The Kier molecular flexibility index (Phi) is 7.39. The summed E-state index contributed by atoms with van der Waals surface area (Å²) in [6.07, 6.45) is 5.07. The van der Waals surface area contributed by atoms with E-state index >= 15 is 0 Å². The minimum Gasteiger partial charge on any atom is -0.356 e. The molecule has 0 aliphatic heterocycles. The molecule has 0 saturated heterocycles. The zero-order valence-electron chi connectivity index (χ0n) is 16.9. The summed E-state index contributed by atoms with van der Waals surface area (Å²) >= 11 is 0. The van der Waals surface area contributed by atoms with Crippen molar-refractivity contribution in [1.82, 2.24) is 20.2 Å². The first-order valence-corrected chi connectivity index (χ1v) is 10.1. The maximum Gasteiger partial charge on any atom is 0.220 e. The third kappa shape index (κ3) is 6.45. The molecule has 152 valence electrons. The highest BCUT2D eigenvalue weighted by Gasteiger charge is 2.04. The van der Waals surface area contributed by atoms with Crippen LogP contribution in [0.4, 0.5) is 0 Å². The molecule has 2 amide bonds. The monoisotopic (exact) mass is 392 g/mol. The number of carbonyl (C=O) groups excluding carboxylic acids is 2. The second-order valence-corrected chi connectivity index (χ2v) is 7.25. The third-order valence-electron chi connectivity index (χ3n) is 4.85. The SMILES string of the molecule is CC(=O)NCCCCCC(=O)NCc1ccc(Cn2cnc3ccccc32)cc1. The number of unbranched alkanes of at least 4 members (excludes halogenated alkanes) is 2. The van der Waals surface area contributed by atoms with Gasteiger partial charge in [0.25, 0.3) is 0 Å². The number of carbonyl (C=O) groups is 2. The second kappa shape index (κ2) is 10.4. The number of imidazole rings is 1. The normalized spacial score (nSPS) is 10.8. The van der Waals surface area contributed by atoms with Gasteiger partial charge in [0.05, 0.1) is 17.4 Å². The highest BCUT2D eigenvalue weighted by molar-refractivity contribution is 5.76. The molecule has 0 fully saturated rings. The van der Waals surface area contributed by atoms with Gasteiger partial charge in [0.15, 0.2) is 0 Å². The van der Waals surface area contributed by atoms with E-state index < -0.39 is 0 Å². The average Bonchev–Trinajstić information content (AvgIpc) is 3.13. The summed E-state index contributed by atoms with van der Waals surface area (Å²) in [5.41, 5.74) is 4.41. The largest absolute Gasteiger partial charge is 0.356 e. The highest BCUT2D eigenvalue weighted by atomic mass is 16.2. The van der Waals surface area contributed by atoms with E-state index in [0.717, 1.165) is 42.4 Å². The molecule has 6 heteroatoms. The Morgan fingerprint density at radius 3 is 2.48 bits per heavy atom. The minimum absolute atomic E-state index is 0.00728. The first kappa shape index (κ1) is 20.6. The van der Waals surface area contributed by atoms with Crippen molar-refractivity contribution in [2.45, 2.75) is 45.7 Å². The topological polar surface area (TPSA) is 76.0 Å². The predicted octanol–water partition coefficient (Wildman–Crippen LogP) is 3.40. The van der Waals surface area contributed by atoms with Crippen LogP contribution in [0.5, 0.6) is 0 Å². The fourth-order valence-electron chi connectivity index (χ4n) is 3.24. The van der Waals surface area contributed by atoms with Crippen molar-refractivity contribution < 1.29 is 9.59 Å². The van der Waals surface area contributed by atoms with E-state index in [0.29, 0.717) is 19.5 Å². The Morgan fingerprint density at radius 1 is 0.931 bits per heavy atom. The van der Waals surface area contributed by atoms with Gasteiger partial charge >= 0.3 is 0 Å². The molecule has 0 atom stereocenters. The van der Waals surface area contributed by atoms with Gasteiger partial charge in [0.1, 0.15) is 0 Å². The molecule has 0 aliphatic rings. The van der Waals surface area contributed by atoms with Gasteiger partial charge in [-0.2, -0.15) is 0 Å². The standard InChI is InChI=1S/C23H28N4O2/c1-18(28)24-14-6-2-3-9-23(29)25-15-19-10-12-20(13-11-19)16-27-17-26-21-7-4-5-8-22(21)27/h4-5,7-8,10-13,17H,2-3,6,9,14-16H2,1H3,(H,24,28)(H,25,29). The van der Waals surface area contributed by atoms with Crippen molar-refractivity contribution in [2.24, 2.45) is 0 Å². The fourth-order valence-corrected chi connectivity index (χ4v) is 3.24. The summed E-state index contributed by atoms with van der Waals surface area (Å²) in [5.74, 6) is 0.0608. The van der Waals surface area contributed by atoms with Crippen LogP contribution in [0.2, 0.25) is 0 Å². The van der Waals surface area contributed by atoms with Crippen molar-refractivity contribution in [2.75, 3.05) is 6.54 Å². The molecule has 6 nitrogen and oxygen atoms in total. The molecule has 0 aliphatic carbocycles. The number of nitrogens with zero attached hydrogens (tertiary/aromatic N) is 2. The van der Waals surface area contributed by atoms with Gasteiger partial charge in [-0.05, 0) is 36.1 Å². The van der Waals surface area contributed by atoms with Gasteiger partial charge < -0.3 is 15.2 Å². The van der Waals surface area contributed by atoms with Gasteiger partial charge in [-0.25, -0.2) is 4.98 Å². The zero-order chi connectivity index (χ0) is 20.5. The molecule has 0 unspecified atom stereocenters. The fraction of sp³-hybridized carbons (Fsp3) is 0.348. The summed E-state index contributed by atoms with van der Waals surface area (Å²) in [7, 11) is 0. The van der Waals surface area contributed by atoms with Crippen LogP contribution in [0.3, 0.4) is 0 Å². The van der Waals surface area contributed by atoms with E-state index in [2.05, 4.69) is 50.5 Å². The predicted molar refractivity (Wildman–Crippen MR) is 114 cm³/mol. The van der Waals surface area contributed by atoms with Crippen molar-refractivity contribution in [3.05, 3.63) is 66.0 Å². The number of hydrogen-bond acceptors (Lipinski definition) is 3. The van der Waals surface area contributed by atoms with Gasteiger partial charge in [-0.3, -0.25) is 9.59 Å². The van der Waals surface area contributed by atoms with Crippen LogP contribution in [-0.2, 0) is 22.7 Å². The van der Waals surface area contributed by atoms with Gasteiger partial charge in [0, 0.05) is 33.0 Å². The number of hydrogen-bond donors (Lipinski definition) is 2. The zero-order valence-corrected chi connectivity index (χ0v) is 16.9. The first-order valence-electron chi connectivity index (χ1n) is 10.1. The lowest BCUT2D eigenvalue weighted by Gasteiger charge is -2.08. The number of nitrogens with one attached hydrogen (secondary N) is 2. The Balaban J connectivity index is 1.39. The third-order valence-corrected chi connectivity index (χ3v) is 4.85. The number of aromatic nitrogens is 2. The lowest BCUT2D eigenvalue weighted by atomic mass is 10.1. The molecule has 2 aromatic carbocycles. The minimum atomic E-state index is -0.00728. The van der Waals surface area contributed by atoms with Crippen LogP contribution in [0, 0.1) is 0 Å². The molecular weight excluding hydrogens is 364 g/mol. The Labute approximate surface area is 171 Å². The van der Waals surface area contributed by atoms with E-state index in [1.807, 2.05) is 24.5 Å². The number of para-hydroxylation sites is 2. The molecule has 1 heterocycles. The van der Waals surface area contributed by atoms with E-state index in [4.69, 9.17) is 0 Å². The second-order valence-electron chi connectivity index (χ2n) is 7.25. The lowest BCUT2D eigenvalue weighted by molar-refractivity contribution is -0.121. The summed E-state index contributed by atoms with van der Waals surface area (Å²) in [6, 6.07) is 16.4. The molecule has 3 aromatic rings. The van der Waals surface area contributed by atoms with Crippen LogP contribution >= 0.6 is 0 Å². The van der Waals surface area contributed by atoms with Crippen LogP contribution in [0.1, 0.15) is 43.7 Å². The summed E-state index contributed by atoms with van der Waals surface area (Å²) in [4.78, 5) is 27.2. The highest BCUT2D eigenvalue weighted by Crippen LogP contribution is 2.14. The maximum absolute atomic E-state index is 12.0. The molecular formula is C23H28N4O2. The molecule has 29 heavy (non-hydrogen) atoms. The summed E-state index contributed by atoms with van der Waals surface area (Å²) < 4.78 is 2.14. The summed E-state index contributed by atoms with van der Waals surface area (Å²) in [6.45, 7) is 3.50. The van der Waals surface area contributed by atoms with Crippen molar-refractivity contribution in [1.29, 1.82) is 0 Å². The van der Waals surface area contributed by atoms with Crippen molar-refractivity contribution >= 4 is 22.8 Å². The number of amides is 2. The molecule has 2 N–H and O–H groups in total. The molecule has 0 bridgehead atoms. The van der Waals surface area contributed by atoms with Gasteiger partial charge in [-0.15, -0.1) is 0 Å². The van der Waals surface area contributed by atoms with Crippen LogP contribution in [0.25, 0.3) is 11.0 Å². The Hall–Kier alpha value is -3.15. The smallest absolute Gasteiger partial charge is 0.220 e. The molecule has 3 rings (SSSR count). The van der Waals surface area contributed by atoms with Gasteiger partial charge in [-0.1, -0.05) is 42.8 Å². The van der Waals surface area contributed by atoms with E-state index in [1.165, 1.54) is 12.5 Å². The number of benzene rings is 2.